The first-order valence-electron chi connectivity index (χ1n) is 13.0. The molecule has 0 spiro atoms. The van der Waals surface area contributed by atoms with Gasteiger partial charge in [-0.3, -0.25) is 24.3 Å². The van der Waals surface area contributed by atoms with Crippen LogP contribution in [-0.4, -0.2) is 83.9 Å². The lowest BCUT2D eigenvalue weighted by Gasteiger charge is -2.42. The standard InChI is InChI=1S/C28H40N6O3/c1-20(2)25(32-26(35)21(3)29-4)28(37)34-16-15-33(18-23-9-6-5-7-10-23)19-24(34)27(36)31-14-12-22-11-8-13-30-17-22/h5-11,13,17,20-21,24-25,29H,12,14-16,18-19H2,1-4H3,(H,31,36)(H,32,35)/t21-,24-,25-/m0/s1. The van der Waals surface area contributed by atoms with Crippen molar-refractivity contribution in [1.82, 2.24) is 30.7 Å². The van der Waals surface area contributed by atoms with Crippen LogP contribution in [0.1, 0.15) is 31.9 Å². The molecule has 1 aliphatic heterocycles. The number of hydrogen-bond acceptors (Lipinski definition) is 6. The smallest absolute Gasteiger partial charge is 0.246 e. The van der Waals surface area contributed by atoms with E-state index in [1.165, 1.54) is 0 Å². The number of pyridine rings is 1. The van der Waals surface area contributed by atoms with Crippen molar-refractivity contribution in [2.24, 2.45) is 5.92 Å². The van der Waals surface area contributed by atoms with Crippen molar-refractivity contribution in [2.75, 3.05) is 33.2 Å². The maximum Gasteiger partial charge on any atom is 0.246 e. The molecular formula is C28H40N6O3. The summed E-state index contributed by atoms with van der Waals surface area (Å²) in [7, 11) is 1.70. The number of hydrogen-bond donors (Lipinski definition) is 3. The van der Waals surface area contributed by atoms with E-state index in [-0.39, 0.29) is 23.6 Å². The second-order valence-corrected chi connectivity index (χ2v) is 9.91. The molecule has 1 aliphatic rings. The third-order valence-electron chi connectivity index (χ3n) is 6.79. The van der Waals surface area contributed by atoms with Crippen LogP contribution in [-0.2, 0) is 27.3 Å². The second kappa shape index (κ2) is 13.9. The van der Waals surface area contributed by atoms with Crippen molar-refractivity contribution >= 4 is 17.7 Å². The molecule has 0 aliphatic carbocycles. The van der Waals surface area contributed by atoms with Gasteiger partial charge < -0.3 is 20.9 Å². The summed E-state index contributed by atoms with van der Waals surface area (Å²) in [4.78, 5) is 47.7. The number of benzene rings is 1. The topological polar surface area (TPSA) is 107 Å². The minimum atomic E-state index is -0.713. The Balaban J connectivity index is 1.74. The summed E-state index contributed by atoms with van der Waals surface area (Å²) in [6.07, 6.45) is 4.16. The molecule has 1 aromatic heterocycles. The van der Waals surface area contributed by atoms with Crippen LogP contribution in [0.2, 0.25) is 0 Å². The van der Waals surface area contributed by atoms with Crippen LogP contribution in [0.4, 0.5) is 0 Å². The van der Waals surface area contributed by atoms with E-state index in [0.29, 0.717) is 39.1 Å². The zero-order valence-electron chi connectivity index (χ0n) is 22.3. The van der Waals surface area contributed by atoms with Crippen LogP contribution in [0.5, 0.6) is 0 Å². The number of amides is 3. The predicted molar refractivity (Wildman–Crippen MR) is 143 cm³/mol. The van der Waals surface area contributed by atoms with Crippen molar-refractivity contribution in [1.29, 1.82) is 0 Å². The Bertz CT molecular complexity index is 1020. The monoisotopic (exact) mass is 508 g/mol. The van der Waals surface area contributed by atoms with Crippen molar-refractivity contribution in [2.45, 2.75) is 51.9 Å². The van der Waals surface area contributed by atoms with Gasteiger partial charge in [-0.25, -0.2) is 0 Å². The lowest BCUT2D eigenvalue weighted by atomic mass is 9.99. The van der Waals surface area contributed by atoms with Gasteiger partial charge >= 0.3 is 0 Å². The molecule has 0 radical (unpaired) electrons. The largest absolute Gasteiger partial charge is 0.354 e. The molecule has 1 aromatic carbocycles. The van der Waals surface area contributed by atoms with Gasteiger partial charge in [0.05, 0.1) is 6.04 Å². The zero-order valence-corrected chi connectivity index (χ0v) is 22.3. The van der Waals surface area contributed by atoms with E-state index in [2.05, 4.69) is 38.0 Å². The summed E-state index contributed by atoms with van der Waals surface area (Å²) in [5.74, 6) is -0.780. The van der Waals surface area contributed by atoms with Crippen LogP contribution in [0.3, 0.4) is 0 Å². The molecule has 3 rings (SSSR count). The number of carbonyl (C=O) groups is 3. The van der Waals surface area contributed by atoms with Gasteiger partial charge in [0.2, 0.25) is 17.7 Å². The number of nitrogens with zero attached hydrogens (tertiary/aromatic N) is 3. The van der Waals surface area contributed by atoms with E-state index in [1.54, 1.807) is 31.3 Å². The Morgan fingerprint density at radius 3 is 2.41 bits per heavy atom. The summed E-state index contributed by atoms with van der Waals surface area (Å²) in [6.45, 7) is 8.18. The average Bonchev–Trinajstić information content (AvgIpc) is 2.91. The molecule has 9 nitrogen and oxygen atoms in total. The van der Waals surface area contributed by atoms with E-state index >= 15 is 0 Å². The van der Waals surface area contributed by atoms with Gasteiger partial charge in [0.1, 0.15) is 12.1 Å². The fraction of sp³-hybridized carbons (Fsp3) is 0.500. The maximum absolute atomic E-state index is 13.7. The minimum Gasteiger partial charge on any atom is -0.354 e. The Labute approximate surface area is 220 Å². The van der Waals surface area contributed by atoms with Crippen molar-refractivity contribution in [3.63, 3.8) is 0 Å². The molecule has 200 valence electrons. The average molecular weight is 509 g/mol. The molecule has 0 bridgehead atoms. The van der Waals surface area contributed by atoms with Crippen LogP contribution in [0.25, 0.3) is 0 Å². The third kappa shape index (κ3) is 8.10. The number of likely N-dealkylation sites (N-methyl/N-ethyl adjacent to an activating group) is 1. The number of aromatic nitrogens is 1. The van der Waals surface area contributed by atoms with E-state index in [9.17, 15) is 14.4 Å². The third-order valence-corrected chi connectivity index (χ3v) is 6.79. The second-order valence-electron chi connectivity index (χ2n) is 9.91. The summed E-state index contributed by atoms with van der Waals surface area (Å²) < 4.78 is 0. The van der Waals surface area contributed by atoms with Crippen LogP contribution >= 0.6 is 0 Å². The van der Waals surface area contributed by atoms with E-state index in [0.717, 1.165) is 11.1 Å². The Hall–Kier alpha value is -3.30. The molecule has 3 atom stereocenters. The highest BCUT2D eigenvalue weighted by molar-refractivity contribution is 5.93. The van der Waals surface area contributed by atoms with Crippen LogP contribution in [0, 0.1) is 5.92 Å². The molecular weight excluding hydrogens is 468 g/mol. The summed E-state index contributed by atoms with van der Waals surface area (Å²) >= 11 is 0. The van der Waals surface area contributed by atoms with Gasteiger partial charge in [-0.05, 0) is 43.5 Å². The van der Waals surface area contributed by atoms with Crippen molar-refractivity contribution in [3.8, 4) is 0 Å². The molecule has 9 heteroatoms. The van der Waals surface area contributed by atoms with E-state index in [4.69, 9.17) is 0 Å². The quantitative estimate of drug-likeness (QED) is 0.421. The van der Waals surface area contributed by atoms with E-state index < -0.39 is 18.1 Å². The zero-order chi connectivity index (χ0) is 26.8. The van der Waals surface area contributed by atoms with Gasteiger partial charge in [-0.2, -0.15) is 0 Å². The lowest BCUT2D eigenvalue weighted by Crippen LogP contribution is -2.64. The van der Waals surface area contributed by atoms with Gasteiger partial charge in [-0.15, -0.1) is 0 Å². The lowest BCUT2D eigenvalue weighted by molar-refractivity contribution is -0.147. The number of rotatable bonds is 11. The Morgan fingerprint density at radius 2 is 1.76 bits per heavy atom. The minimum absolute atomic E-state index is 0.128. The first-order chi connectivity index (χ1) is 17.8. The van der Waals surface area contributed by atoms with Gasteiger partial charge in [-0.1, -0.05) is 50.2 Å². The molecule has 2 aromatic rings. The molecule has 1 fully saturated rings. The SMILES string of the molecule is CN[C@@H](C)C(=O)N[C@H](C(=O)N1CCN(Cc2ccccc2)C[C@H]1C(=O)NCCc1cccnc1)C(C)C. The Kier molecular flexibility index (Phi) is 10.6. The van der Waals surface area contributed by atoms with Crippen LogP contribution in [0.15, 0.2) is 54.9 Å². The molecule has 0 unspecified atom stereocenters. The van der Waals surface area contributed by atoms with Gasteiger partial charge in [0.15, 0.2) is 0 Å². The van der Waals surface area contributed by atoms with Crippen LogP contribution < -0.4 is 16.0 Å². The summed E-state index contributed by atoms with van der Waals surface area (Å²) in [5, 5.41) is 8.82. The summed E-state index contributed by atoms with van der Waals surface area (Å²) in [5.41, 5.74) is 2.19. The molecule has 0 saturated carbocycles. The highest BCUT2D eigenvalue weighted by atomic mass is 16.2. The normalized spacial score (nSPS) is 17.8. The molecule has 3 N–H and O–H groups in total. The molecule has 3 amide bonds. The summed E-state index contributed by atoms with van der Waals surface area (Å²) in [6, 6.07) is 12.2. The van der Waals surface area contributed by atoms with Crippen molar-refractivity contribution in [3.05, 3.63) is 66.0 Å². The number of piperazine rings is 1. The van der Waals surface area contributed by atoms with Gasteiger partial charge in [0.25, 0.3) is 0 Å². The van der Waals surface area contributed by atoms with E-state index in [1.807, 2.05) is 44.2 Å². The first-order valence-corrected chi connectivity index (χ1v) is 13.0. The fourth-order valence-electron chi connectivity index (χ4n) is 4.41. The highest BCUT2D eigenvalue weighted by Crippen LogP contribution is 2.17. The first kappa shape index (κ1) is 28.3. The molecule has 2 heterocycles. The van der Waals surface area contributed by atoms with Crippen molar-refractivity contribution < 1.29 is 14.4 Å². The number of nitrogens with one attached hydrogen (secondary N) is 3. The van der Waals surface area contributed by atoms with Gasteiger partial charge in [0, 0.05) is 45.1 Å². The molecule has 37 heavy (non-hydrogen) atoms. The Morgan fingerprint density at radius 1 is 1.03 bits per heavy atom. The number of carbonyl (C=O) groups excluding carboxylic acids is 3. The maximum atomic E-state index is 13.7. The predicted octanol–water partition coefficient (Wildman–Crippen LogP) is 1.20. The molecule has 1 saturated heterocycles. The highest BCUT2D eigenvalue weighted by Gasteiger charge is 2.39. The fourth-order valence-corrected chi connectivity index (χ4v) is 4.41.